The van der Waals surface area contributed by atoms with E-state index in [9.17, 15) is 24.3 Å². The van der Waals surface area contributed by atoms with Crippen LogP contribution >= 0.6 is 0 Å². The molecule has 2 atom stereocenters. The molecule has 2 heterocycles. The number of rotatable bonds is 2. The van der Waals surface area contributed by atoms with E-state index < -0.39 is 22.5 Å². The first-order valence-corrected chi connectivity index (χ1v) is 8.20. The number of likely N-dealkylation sites (tertiary alicyclic amines) is 1. The normalized spacial score (nSPS) is 25.3. The summed E-state index contributed by atoms with van der Waals surface area (Å²) in [7, 11) is 0. The average Bonchev–Trinajstić information content (AvgIpc) is 3.13. The van der Waals surface area contributed by atoms with Gasteiger partial charge in [-0.3, -0.25) is 19.2 Å². The molecule has 1 aromatic carbocycles. The van der Waals surface area contributed by atoms with Crippen LogP contribution in [-0.2, 0) is 4.79 Å². The number of carbonyl (C=O) groups excluding carboxylic acids is 1. The van der Waals surface area contributed by atoms with E-state index in [0.29, 0.717) is 29.6 Å². The minimum Gasteiger partial charge on any atom is -0.481 e. The SMILES string of the molecule is O=C(c1ccc2[nH]c(=O)c(=O)[nH]c2c1)N1C[C@@H]2CCC[C@@]2(C(=O)O)C1. The fraction of sp³-hybridized carbons (Fsp3) is 0.412. The summed E-state index contributed by atoms with van der Waals surface area (Å²) in [5.41, 5.74) is -1.20. The van der Waals surface area contributed by atoms with Crippen molar-refractivity contribution >= 4 is 22.9 Å². The van der Waals surface area contributed by atoms with Crippen LogP contribution in [0.2, 0.25) is 0 Å². The smallest absolute Gasteiger partial charge is 0.314 e. The number of aromatic nitrogens is 2. The number of nitrogens with one attached hydrogen (secondary N) is 2. The quantitative estimate of drug-likeness (QED) is 0.687. The highest BCUT2D eigenvalue weighted by molar-refractivity contribution is 5.98. The largest absolute Gasteiger partial charge is 0.481 e. The third-order valence-corrected chi connectivity index (χ3v) is 5.55. The van der Waals surface area contributed by atoms with Gasteiger partial charge in [0.1, 0.15) is 0 Å². The second-order valence-corrected chi connectivity index (χ2v) is 6.90. The molecule has 1 aliphatic carbocycles. The summed E-state index contributed by atoms with van der Waals surface area (Å²) in [5, 5.41) is 9.63. The maximum Gasteiger partial charge on any atom is 0.314 e. The van der Waals surface area contributed by atoms with E-state index in [0.717, 1.165) is 12.8 Å². The molecule has 0 bridgehead atoms. The van der Waals surface area contributed by atoms with Gasteiger partial charge in [0, 0.05) is 18.7 Å². The van der Waals surface area contributed by atoms with Crippen molar-refractivity contribution in [3.05, 3.63) is 44.5 Å². The van der Waals surface area contributed by atoms with E-state index in [-0.39, 0.29) is 18.4 Å². The second-order valence-electron chi connectivity index (χ2n) is 6.90. The number of nitrogens with zero attached hydrogens (tertiary/aromatic N) is 1. The molecular formula is C17H17N3O5. The summed E-state index contributed by atoms with van der Waals surface area (Å²) in [5.74, 6) is -1.10. The highest BCUT2D eigenvalue weighted by atomic mass is 16.4. The van der Waals surface area contributed by atoms with Crippen molar-refractivity contribution in [1.82, 2.24) is 14.9 Å². The van der Waals surface area contributed by atoms with Crippen LogP contribution in [0.3, 0.4) is 0 Å². The van der Waals surface area contributed by atoms with Gasteiger partial charge in [0.05, 0.1) is 16.4 Å². The number of aliphatic carboxylic acids is 1. The van der Waals surface area contributed by atoms with Crippen molar-refractivity contribution in [3.63, 3.8) is 0 Å². The molecule has 8 nitrogen and oxygen atoms in total. The van der Waals surface area contributed by atoms with Gasteiger partial charge in [-0.2, -0.15) is 0 Å². The highest BCUT2D eigenvalue weighted by Crippen LogP contribution is 2.49. The highest BCUT2D eigenvalue weighted by Gasteiger charge is 2.55. The van der Waals surface area contributed by atoms with Gasteiger partial charge in [-0.1, -0.05) is 6.42 Å². The number of hydrogen-bond donors (Lipinski definition) is 3. The number of carbonyl (C=O) groups is 2. The van der Waals surface area contributed by atoms with E-state index in [1.165, 1.54) is 6.07 Å². The van der Waals surface area contributed by atoms with Crippen molar-refractivity contribution in [1.29, 1.82) is 0 Å². The molecule has 2 aromatic rings. The molecule has 1 saturated carbocycles. The van der Waals surface area contributed by atoms with Crippen LogP contribution in [0.5, 0.6) is 0 Å². The number of H-pyrrole nitrogens is 2. The van der Waals surface area contributed by atoms with Gasteiger partial charge < -0.3 is 20.0 Å². The second kappa shape index (κ2) is 5.30. The van der Waals surface area contributed by atoms with Crippen LogP contribution in [0.4, 0.5) is 0 Å². The minimum atomic E-state index is -0.828. The number of amides is 1. The van der Waals surface area contributed by atoms with E-state index in [2.05, 4.69) is 9.97 Å². The van der Waals surface area contributed by atoms with Crippen molar-refractivity contribution < 1.29 is 14.7 Å². The first kappa shape index (κ1) is 15.6. The standard InChI is InChI=1S/C17H17N3O5/c21-13-14(22)19-12-6-9(3-4-11(12)18-13)15(23)20-7-10-2-1-5-17(10,8-20)16(24)25/h3-4,6,10H,1-2,5,7-8H2,(H,18,21)(H,19,22)(H,24,25)/t10-,17+/m0/s1. The molecule has 1 aliphatic heterocycles. The number of carboxylic acids is 1. The van der Waals surface area contributed by atoms with E-state index in [4.69, 9.17) is 0 Å². The first-order valence-electron chi connectivity index (χ1n) is 8.20. The van der Waals surface area contributed by atoms with E-state index in [1.54, 1.807) is 17.0 Å². The number of benzene rings is 1. The Morgan fingerprint density at radius 2 is 1.88 bits per heavy atom. The van der Waals surface area contributed by atoms with Gasteiger partial charge in [-0.05, 0) is 37.0 Å². The van der Waals surface area contributed by atoms with E-state index >= 15 is 0 Å². The van der Waals surface area contributed by atoms with Gasteiger partial charge >= 0.3 is 17.1 Å². The topological polar surface area (TPSA) is 123 Å². The summed E-state index contributed by atoms with van der Waals surface area (Å²) < 4.78 is 0. The van der Waals surface area contributed by atoms with Gasteiger partial charge in [-0.15, -0.1) is 0 Å². The molecule has 8 heteroatoms. The van der Waals surface area contributed by atoms with Gasteiger partial charge in [0.15, 0.2) is 0 Å². The van der Waals surface area contributed by atoms with Crippen molar-refractivity contribution in [2.75, 3.05) is 13.1 Å². The van der Waals surface area contributed by atoms with Crippen LogP contribution in [0, 0.1) is 11.3 Å². The Balaban J connectivity index is 1.67. The van der Waals surface area contributed by atoms with Gasteiger partial charge in [0.25, 0.3) is 5.91 Å². The lowest BCUT2D eigenvalue weighted by molar-refractivity contribution is -0.149. The minimum absolute atomic E-state index is 0.00873. The molecule has 25 heavy (non-hydrogen) atoms. The Labute approximate surface area is 141 Å². The Hall–Kier alpha value is -2.90. The lowest BCUT2D eigenvalue weighted by atomic mass is 9.81. The molecule has 2 fully saturated rings. The van der Waals surface area contributed by atoms with Crippen molar-refractivity contribution in [3.8, 4) is 0 Å². The maximum atomic E-state index is 12.8. The first-order chi connectivity index (χ1) is 11.9. The summed E-state index contributed by atoms with van der Waals surface area (Å²) in [4.78, 5) is 53.8. The zero-order valence-electron chi connectivity index (χ0n) is 13.4. The molecule has 130 valence electrons. The molecule has 0 unspecified atom stereocenters. The molecule has 0 spiro atoms. The summed E-state index contributed by atoms with van der Waals surface area (Å²) in [6.45, 7) is 0.650. The van der Waals surface area contributed by atoms with Crippen molar-refractivity contribution in [2.45, 2.75) is 19.3 Å². The van der Waals surface area contributed by atoms with E-state index in [1.807, 2.05) is 0 Å². The third kappa shape index (κ3) is 2.28. The monoisotopic (exact) mass is 343 g/mol. The fourth-order valence-corrected chi connectivity index (χ4v) is 4.22. The Morgan fingerprint density at radius 1 is 1.16 bits per heavy atom. The van der Waals surface area contributed by atoms with Crippen molar-refractivity contribution in [2.24, 2.45) is 11.3 Å². The van der Waals surface area contributed by atoms with Gasteiger partial charge in [-0.25, -0.2) is 0 Å². The number of carboxylic acid groups (broad SMARTS) is 1. The zero-order chi connectivity index (χ0) is 17.8. The summed E-state index contributed by atoms with van der Waals surface area (Å²) >= 11 is 0. The molecule has 1 saturated heterocycles. The van der Waals surface area contributed by atoms with Crippen LogP contribution in [-0.4, -0.2) is 44.9 Å². The Bertz CT molecular complexity index is 1010. The lowest BCUT2D eigenvalue weighted by Gasteiger charge is -2.23. The molecular weight excluding hydrogens is 326 g/mol. The number of aromatic amines is 2. The van der Waals surface area contributed by atoms with Crippen LogP contribution in [0.1, 0.15) is 29.6 Å². The Kier molecular flexibility index (Phi) is 3.31. The fourth-order valence-electron chi connectivity index (χ4n) is 4.22. The molecule has 4 rings (SSSR count). The number of hydrogen-bond acceptors (Lipinski definition) is 4. The van der Waals surface area contributed by atoms with Crippen LogP contribution in [0.25, 0.3) is 11.0 Å². The molecule has 0 radical (unpaired) electrons. The molecule has 1 amide bonds. The van der Waals surface area contributed by atoms with Gasteiger partial charge in [0.2, 0.25) is 0 Å². The maximum absolute atomic E-state index is 12.8. The Morgan fingerprint density at radius 3 is 2.56 bits per heavy atom. The van der Waals surface area contributed by atoms with Crippen LogP contribution < -0.4 is 11.1 Å². The predicted octanol–water partition coefficient (Wildman–Crippen LogP) is 0.543. The number of fused-ring (bicyclic) bond motifs is 2. The lowest BCUT2D eigenvalue weighted by Crippen LogP contribution is -2.37. The predicted molar refractivity (Wildman–Crippen MR) is 88.5 cm³/mol. The zero-order valence-corrected chi connectivity index (χ0v) is 13.4. The molecule has 2 aliphatic rings. The summed E-state index contributed by atoms with van der Waals surface area (Å²) in [6, 6.07) is 4.64. The summed E-state index contributed by atoms with van der Waals surface area (Å²) in [6.07, 6.45) is 2.30. The third-order valence-electron chi connectivity index (χ3n) is 5.55. The average molecular weight is 343 g/mol. The molecule has 1 aromatic heterocycles. The van der Waals surface area contributed by atoms with Crippen LogP contribution in [0.15, 0.2) is 27.8 Å². The molecule has 3 N–H and O–H groups in total.